The molecule has 1 fully saturated rings. The van der Waals surface area contributed by atoms with Gasteiger partial charge in [0, 0.05) is 19.0 Å². The maximum Gasteiger partial charge on any atom is 0.226 e. The molecule has 1 aliphatic rings. The lowest BCUT2D eigenvalue weighted by Gasteiger charge is -2.31. The van der Waals surface area contributed by atoms with E-state index in [4.69, 9.17) is 5.73 Å². The molecule has 3 atom stereocenters. The number of benzene rings is 1. The minimum absolute atomic E-state index is 0. The Morgan fingerprint density at radius 2 is 2.04 bits per heavy atom. The van der Waals surface area contributed by atoms with Gasteiger partial charge in [-0.2, -0.15) is 0 Å². The second-order valence-electron chi connectivity index (χ2n) is 6.27. The van der Waals surface area contributed by atoms with Crippen molar-refractivity contribution < 1.29 is 4.79 Å². The van der Waals surface area contributed by atoms with Gasteiger partial charge in [-0.15, -0.1) is 36.2 Å². The number of para-hydroxylation sites is 1. The molecule has 24 heavy (non-hydrogen) atoms. The number of halogens is 2. The third-order valence-corrected chi connectivity index (χ3v) is 5.87. The number of rotatable bonds is 3. The van der Waals surface area contributed by atoms with E-state index in [-0.39, 0.29) is 48.7 Å². The Hall–Kier alpha value is -0.880. The molecule has 0 radical (unpaired) electrons. The number of carbonyl (C=O) groups excluding carboxylic acids is 1. The maximum atomic E-state index is 12.7. The fourth-order valence-corrected chi connectivity index (χ4v) is 4.23. The van der Waals surface area contributed by atoms with Crippen molar-refractivity contribution in [1.29, 1.82) is 0 Å². The molecule has 0 bridgehead atoms. The van der Waals surface area contributed by atoms with Crippen LogP contribution < -0.4 is 5.73 Å². The van der Waals surface area contributed by atoms with Crippen LogP contribution in [0.3, 0.4) is 0 Å². The van der Waals surface area contributed by atoms with Crippen LogP contribution >= 0.6 is 36.2 Å². The zero-order valence-corrected chi connectivity index (χ0v) is 16.4. The lowest BCUT2D eigenvalue weighted by molar-refractivity contribution is -0.137. The summed E-state index contributed by atoms with van der Waals surface area (Å²) < 4.78 is 1.17. The van der Waals surface area contributed by atoms with Crippen LogP contribution in [0.5, 0.6) is 0 Å². The molecule has 4 nitrogen and oxygen atoms in total. The van der Waals surface area contributed by atoms with Crippen LogP contribution in [-0.4, -0.2) is 28.9 Å². The van der Waals surface area contributed by atoms with Gasteiger partial charge in [-0.25, -0.2) is 4.98 Å². The van der Waals surface area contributed by atoms with Crippen LogP contribution in [0, 0.1) is 5.92 Å². The van der Waals surface area contributed by atoms with Crippen molar-refractivity contribution in [1.82, 2.24) is 9.88 Å². The summed E-state index contributed by atoms with van der Waals surface area (Å²) in [5, 5.41) is 0.997. The highest BCUT2D eigenvalue weighted by Crippen LogP contribution is 2.31. The highest BCUT2D eigenvalue weighted by atomic mass is 35.5. The molecule has 7 heteroatoms. The van der Waals surface area contributed by atoms with E-state index in [0.717, 1.165) is 36.2 Å². The van der Waals surface area contributed by atoms with Crippen LogP contribution in [0.1, 0.15) is 43.7 Å². The number of nitrogens with zero attached hydrogens (tertiary/aromatic N) is 2. The second-order valence-corrected chi connectivity index (χ2v) is 7.33. The zero-order chi connectivity index (χ0) is 15.7. The lowest BCUT2D eigenvalue weighted by Crippen LogP contribution is -2.39. The molecular formula is C17H25Cl2N3OS. The minimum atomic E-state index is 0. The Morgan fingerprint density at radius 3 is 2.71 bits per heavy atom. The van der Waals surface area contributed by atoms with Crippen LogP contribution in [0.25, 0.3) is 10.2 Å². The first-order chi connectivity index (χ1) is 10.6. The van der Waals surface area contributed by atoms with Crippen molar-refractivity contribution in [3.63, 3.8) is 0 Å². The molecule has 1 aliphatic carbocycles. The number of fused-ring (bicyclic) bond motifs is 1. The second kappa shape index (κ2) is 8.99. The first-order valence-electron chi connectivity index (χ1n) is 7.94. The van der Waals surface area contributed by atoms with E-state index in [0.29, 0.717) is 0 Å². The molecule has 0 spiro atoms. The normalized spacial score (nSPS) is 21.5. The van der Waals surface area contributed by atoms with E-state index in [9.17, 15) is 4.79 Å². The van der Waals surface area contributed by atoms with E-state index < -0.39 is 0 Å². The van der Waals surface area contributed by atoms with Crippen LogP contribution in [0.4, 0.5) is 0 Å². The number of thiazole rings is 1. The molecule has 1 aromatic heterocycles. The van der Waals surface area contributed by atoms with Crippen LogP contribution in [0.15, 0.2) is 24.3 Å². The van der Waals surface area contributed by atoms with Gasteiger partial charge in [-0.1, -0.05) is 18.6 Å². The fourth-order valence-electron chi connectivity index (χ4n) is 3.17. The van der Waals surface area contributed by atoms with E-state index >= 15 is 0 Å². The quantitative estimate of drug-likeness (QED) is 0.856. The Bertz CT molecular complexity index is 646. The Kier molecular flexibility index (Phi) is 7.93. The largest absolute Gasteiger partial charge is 0.336 e. The van der Waals surface area contributed by atoms with Crippen molar-refractivity contribution in [3.8, 4) is 0 Å². The summed E-state index contributed by atoms with van der Waals surface area (Å²) in [7, 11) is 1.89. The number of nitrogens with two attached hydrogens (primary N) is 1. The van der Waals surface area contributed by atoms with Gasteiger partial charge >= 0.3 is 0 Å². The standard InChI is InChI=1S/C17H23N3OS.2ClH/c1-11(16-19-14-8-3-4-9-15(14)22-16)20(2)17(21)12-6-5-7-13(18)10-12;;/h3-4,8-9,11-13H,5-7,10,18H2,1-2H3;2*1H. The van der Waals surface area contributed by atoms with Gasteiger partial charge < -0.3 is 10.6 Å². The van der Waals surface area contributed by atoms with E-state index in [1.165, 1.54) is 4.70 Å². The first-order valence-corrected chi connectivity index (χ1v) is 8.75. The zero-order valence-electron chi connectivity index (χ0n) is 14.0. The minimum Gasteiger partial charge on any atom is -0.336 e. The van der Waals surface area contributed by atoms with E-state index in [1.807, 2.05) is 30.1 Å². The van der Waals surface area contributed by atoms with Crippen LogP contribution in [-0.2, 0) is 4.79 Å². The number of amides is 1. The average molecular weight is 390 g/mol. The van der Waals surface area contributed by atoms with Crippen molar-refractivity contribution in [2.75, 3.05) is 7.05 Å². The number of hydrogen-bond donors (Lipinski definition) is 1. The topological polar surface area (TPSA) is 59.2 Å². The summed E-state index contributed by atoms with van der Waals surface area (Å²) in [6, 6.07) is 8.29. The molecule has 0 aliphatic heterocycles. The fraction of sp³-hybridized carbons (Fsp3) is 0.529. The third kappa shape index (κ3) is 4.39. The molecule has 3 unspecified atom stereocenters. The van der Waals surface area contributed by atoms with Crippen molar-refractivity contribution in [3.05, 3.63) is 29.3 Å². The number of aromatic nitrogens is 1. The maximum absolute atomic E-state index is 12.7. The summed E-state index contributed by atoms with van der Waals surface area (Å²) in [5.41, 5.74) is 7.03. The van der Waals surface area contributed by atoms with E-state index in [1.54, 1.807) is 11.3 Å². The predicted octanol–water partition coefficient (Wildman–Crippen LogP) is 4.18. The molecule has 2 aromatic rings. The summed E-state index contributed by atoms with van der Waals surface area (Å²) in [6.07, 6.45) is 3.88. The molecule has 1 saturated carbocycles. The molecule has 2 N–H and O–H groups in total. The highest BCUT2D eigenvalue weighted by molar-refractivity contribution is 7.18. The molecule has 1 amide bonds. The monoisotopic (exact) mass is 389 g/mol. The SMILES string of the molecule is CC(c1nc2ccccc2s1)N(C)C(=O)C1CCCC(N)C1.Cl.Cl. The molecule has 1 heterocycles. The van der Waals surface area contributed by atoms with Gasteiger partial charge in [0.1, 0.15) is 5.01 Å². The Balaban J connectivity index is 0.00000144. The third-order valence-electron chi connectivity index (χ3n) is 4.66. The van der Waals surface area contributed by atoms with Crippen molar-refractivity contribution >= 4 is 52.3 Å². The Morgan fingerprint density at radius 1 is 1.33 bits per heavy atom. The van der Waals surface area contributed by atoms with Gasteiger partial charge in [0.2, 0.25) is 5.91 Å². The summed E-state index contributed by atoms with van der Waals surface area (Å²) in [5.74, 6) is 0.285. The predicted molar refractivity (Wildman–Crippen MR) is 105 cm³/mol. The van der Waals surface area contributed by atoms with Gasteiger partial charge in [-0.3, -0.25) is 4.79 Å². The van der Waals surface area contributed by atoms with E-state index in [2.05, 4.69) is 18.0 Å². The first kappa shape index (κ1) is 21.2. The highest BCUT2D eigenvalue weighted by Gasteiger charge is 2.30. The summed E-state index contributed by atoms with van der Waals surface area (Å²) in [4.78, 5) is 19.2. The Labute approximate surface area is 159 Å². The molecule has 3 rings (SSSR count). The smallest absolute Gasteiger partial charge is 0.226 e. The van der Waals surface area contributed by atoms with Gasteiger partial charge in [0.15, 0.2) is 0 Å². The van der Waals surface area contributed by atoms with Gasteiger partial charge in [-0.05, 0) is 38.3 Å². The molecule has 0 saturated heterocycles. The number of carbonyl (C=O) groups is 1. The average Bonchev–Trinajstić information content (AvgIpc) is 2.96. The number of hydrogen-bond acceptors (Lipinski definition) is 4. The molecule has 134 valence electrons. The lowest BCUT2D eigenvalue weighted by atomic mass is 9.85. The van der Waals surface area contributed by atoms with Crippen LogP contribution in [0.2, 0.25) is 0 Å². The molecule has 1 aromatic carbocycles. The van der Waals surface area contributed by atoms with Crippen molar-refractivity contribution in [2.24, 2.45) is 11.7 Å². The summed E-state index contributed by atoms with van der Waals surface area (Å²) >= 11 is 1.67. The van der Waals surface area contributed by atoms with Gasteiger partial charge in [0.25, 0.3) is 0 Å². The van der Waals surface area contributed by atoms with Crippen molar-refractivity contribution in [2.45, 2.75) is 44.7 Å². The summed E-state index contributed by atoms with van der Waals surface area (Å²) in [6.45, 7) is 2.05. The molecular weight excluding hydrogens is 365 g/mol. The van der Waals surface area contributed by atoms with Gasteiger partial charge in [0.05, 0.1) is 16.3 Å².